The van der Waals surface area contributed by atoms with Crippen LogP contribution in [-0.2, 0) is 0 Å². The monoisotopic (exact) mass is 312 g/mol. The van der Waals surface area contributed by atoms with Gasteiger partial charge in [0.1, 0.15) is 11.3 Å². The predicted octanol–water partition coefficient (Wildman–Crippen LogP) is 3.50. The molecule has 2 heterocycles. The Labute approximate surface area is 132 Å². The van der Waals surface area contributed by atoms with Gasteiger partial charge in [-0.3, -0.25) is 9.78 Å². The molecule has 1 aromatic carbocycles. The smallest absolute Gasteiger partial charge is 0.252 e. The second-order valence-corrected chi connectivity index (χ2v) is 5.58. The SMILES string of the molecule is O=C(NCCCOc1cccc2cccnc12)c1ccsc1. The molecule has 0 saturated carbocycles. The van der Waals surface area contributed by atoms with Crippen LogP contribution in [-0.4, -0.2) is 24.0 Å². The second-order valence-electron chi connectivity index (χ2n) is 4.80. The van der Waals surface area contributed by atoms with Gasteiger partial charge < -0.3 is 10.1 Å². The van der Waals surface area contributed by atoms with Crippen LogP contribution in [0.15, 0.2) is 53.4 Å². The van der Waals surface area contributed by atoms with Gasteiger partial charge in [-0.25, -0.2) is 0 Å². The van der Waals surface area contributed by atoms with Gasteiger partial charge in [0.05, 0.1) is 6.61 Å². The fraction of sp³-hybridized carbons (Fsp3) is 0.176. The molecule has 3 aromatic rings. The average Bonchev–Trinajstić information content (AvgIpc) is 3.09. The minimum absolute atomic E-state index is 0.0342. The van der Waals surface area contributed by atoms with Gasteiger partial charge in [-0.05, 0) is 30.0 Å². The summed E-state index contributed by atoms with van der Waals surface area (Å²) in [4.78, 5) is 16.1. The molecule has 3 rings (SSSR count). The number of fused-ring (bicyclic) bond motifs is 1. The Hall–Kier alpha value is -2.40. The normalized spacial score (nSPS) is 10.5. The Morgan fingerprint density at radius 1 is 1.23 bits per heavy atom. The third-order valence-corrected chi connectivity index (χ3v) is 3.93. The zero-order chi connectivity index (χ0) is 15.2. The highest BCUT2D eigenvalue weighted by Crippen LogP contribution is 2.22. The number of para-hydroxylation sites is 1. The Bertz CT molecular complexity index is 751. The standard InChI is InChI=1S/C17H16N2O2S/c20-17(14-7-11-22-12-14)19-9-3-10-21-15-6-1-4-13-5-2-8-18-16(13)15/h1-2,4-8,11-12H,3,9-10H2,(H,19,20). The van der Waals surface area contributed by atoms with Crippen molar-refractivity contribution in [3.05, 3.63) is 58.9 Å². The van der Waals surface area contributed by atoms with Crippen molar-refractivity contribution in [2.24, 2.45) is 0 Å². The molecule has 0 aliphatic heterocycles. The molecule has 1 amide bonds. The van der Waals surface area contributed by atoms with Gasteiger partial charge in [0.25, 0.3) is 5.91 Å². The molecule has 0 saturated heterocycles. The van der Waals surface area contributed by atoms with E-state index >= 15 is 0 Å². The molecule has 0 aliphatic rings. The van der Waals surface area contributed by atoms with Crippen molar-refractivity contribution in [2.45, 2.75) is 6.42 Å². The van der Waals surface area contributed by atoms with E-state index < -0.39 is 0 Å². The molecule has 0 unspecified atom stereocenters. The lowest BCUT2D eigenvalue weighted by atomic mass is 10.2. The summed E-state index contributed by atoms with van der Waals surface area (Å²) in [7, 11) is 0. The summed E-state index contributed by atoms with van der Waals surface area (Å²) in [6.07, 6.45) is 2.51. The maximum Gasteiger partial charge on any atom is 0.252 e. The van der Waals surface area contributed by atoms with E-state index in [9.17, 15) is 4.79 Å². The molecule has 112 valence electrons. The molecule has 0 aliphatic carbocycles. The van der Waals surface area contributed by atoms with Crippen LogP contribution >= 0.6 is 11.3 Å². The first-order valence-corrected chi connectivity index (χ1v) is 8.06. The fourth-order valence-corrected chi connectivity index (χ4v) is 2.78. The lowest BCUT2D eigenvalue weighted by molar-refractivity contribution is 0.0952. The molecule has 0 spiro atoms. The van der Waals surface area contributed by atoms with Crippen molar-refractivity contribution >= 4 is 28.1 Å². The number of carbonyl (C=O) groups is 1. The minimum atomic E-state index is -0.0342. The quantitative estimate of drug-likeness (QED) is 0.709. The first kappa shape index (κ1) is 14.5. The number of benzene rings is 1. The number of hydrogen-bond donors (Lipinski definition) is 1. The largest absolute Gasteiger partial charge is 0.491 e. The van der Waals surface area contributed by atoms with E-state index in [2.05, 4.69) is 10.3 Å². The molecule has 0 radical (unpaired) electrons. The van der Waals surface area contributed by atoms with Gasteiger partial charge in [-0.1, -0.05) is 18.2 Å². The number of pyridine rings is 1. The Morgan fingerprint density at radius 2 is 2.14 bits per heavy atom. The van der Waals surface area contributed by atoms with Crippen LogP contribution in [0.1, 0.15) is 16.8 Å². The van der Waals surface area contributed by atoms with E-state index in [1.165, 1.54) is 11.3 Å². The first-order chi connectivity index (χ1) is 10.8. The highest BCUT2D eigenvalue weighted by molar-refractivity contribution is 7.08. The maximum atomic E-state index is 11.8. The number of nitrogens with zero attached hydrogens (tertiary/aromatic N) is 1. The number of ether oxygens (including phenoxy) is 1. The molecular formula is C17H16N2O2S. The summed E-state index contributed by atoms with van der Waals surface area (Å²) < 4.78 is 5.78. The van der Waals surface area contributed by atoms with Gasteiger partial charge >= 0.3 is 0 Å². The topological polar surface area (TPSA) is 51.2 Å². The number of hydrogen-bond acceptors (Lipinski definition) is 4. The molecule has 22 heavy (non-hydrogen) atoms. The van der Waals surface area contributed by atoms with Crippen molar-refractivity contribution in [1.29, 1.82) is 0 Å². The summed E-state index contributed by atoms with van der Waals surface area (Å²) in [6.45, 7) is 1.13. The predicted molar refractivity (Wildman–Crippen MR) is 88.5 cm³/mol. The van der Waals surface area contributed by atoms with Crippen LogP contribution < -0.4 is 10.1 Å². The zero-order valence-corrected chi connectivity index (χ0v) is 12.8. The number of nitrogens with one attached hydrogen (secondary N) is 1. The summed E-state index contributed by atoms with van der Waals surface area (Å²) in [5.41, 5.74) is 1.58. The van der Waals surface area contributed by atoms with Crippen LogP contribution in [0.2, 0.25) is 0 Å². The lowest BCUT2D eigenvalue weighted by Crippen LogP contribution is -2.25. The number of aromatic nitrogens is 1. The molecule has 0 atom stereocenters. The molecule has 0 bridgehead atoms. The van der Waals surface area contributed by atoms with Crippen molar-refractivity contribution in [3.8, 4) is 5.75 Å². The fourth-order valence-electron chi connectivity index (χ4n) is 2.14. The van der Waals surface area contributed by atoms with Crippen LogP contribution in [0.3, 0.4) is 0 Å². The Morgan fingerprint density at radius 3 is 3.00 bits per heavy atom. The Balaban J connectivity index is 1.48. The highest BCUT2D eigenvalue weighted by atomic mass is 32.1. The number of amides is 1. The second kappa shape index (κ2) is 7.04. The number of carbonyl (C=O) groups excluding carboxylic acids is 1. The molecule has 1 N–H and O–H groups in total. The Kier molecular flexibility index (Phi) is 4.65. The summed E-state index contributed by atoms with van der Waals surface area (Å²) in [5, 5.41) is 7.68. The first-order valence-electron chi connectivity index (χ1n) is 7.11. The molecule has 0 fully saturated rings. The third-order valence-electron chi connectivity index (χ3n) is 3.24. The van der Waals surface area contributed by atoms with E-state index in [1.807, 2.05) is 47.2 Å². The summed E-state index contributed by atoms with van der Waals surface area (Å²) >= 11 is 1.52. The van der Waals surface area contributed by atoms with Crippen molar-refractivity contribution in [2.75, 3.05) is 13.2 Å². The molecule has 4 nitrogen and oxygen atoms in total. The maximum absolute atomic E-state index is 11.8. The van der Waals surface area contributed by atoms with E-state index in [1.54, 1.807) is 6.20 Å². The number of thiophene rings is 1. The van der Waals surface area contributed by atoms with Crippen molar-refractivity contribution in [3.63, 3.8) is 0 Å². The number of rotatable bonds is 6. The van der Waals surface area contributed by atoms with Crippen LogP contribution in [0.4, 0.5) is 0 Å². The van der Waals surface area contributed by atoms with E-state index in [-0.39, 0.29) is 5.91 Å². The summed E-state index contributed by atoms with van der Waals surface area (Å²) in [6, 6.07) is 11.6. The van der Waals surface area contributed by atoms with Crippen LogP contribution in [0.5, 0.6) is 5.75 Å². The molecule has 2 aromatic heterocycles. The molecular weight excluding hydrogens is 296 g/mol. The van der Waals surface area contributed by atoms with E-state index in [0.29, 0.717) is 18.7 Å². The highest BCUT2D eigenvalue weighted by Gasteiger charge is 2.05. The van der Waals surface area contributed by atoms with E-state index in [0.717, 1.165) is 23.1 Å². The van der Waals surface area contributed by atoms with Crippen LogP contribution in [0.25, 0.3) is 10.9 Å². The summed E-state index contributed by atoms with van der Waals surface area (Å²) in [5.74, 6) is 0.746. The van der Waals surface area contributed by atoms with Crippen molar-refractivity contribution < 1.29 is 9.53 Å². The van der Waals surface area contributed by atoms with Gasteiger partial charge in [0.2, 0.25) is 0 Å². The minimum Gasteiger partial charge on any atom is -0.491 e. The van der Waals surface area contributed by atoms with Gasteiger partial charge in [-0.15, -0.1) is 0 Å². The van der Waals surface area contributed by atoms with Gasteiger partial charge in [-0.2, -0.15) is 11.3 Å². The lowest BCUT2D eigenvalue weighted by Gasteiger charge is -2.09. The van der Waals surface area contributed by atoms with Gasteiger partial charge in [0, 0.05) is 29.1 Å². The van der Waals surface area contributed by atoms with Gasteiger partial charge in [0.15, 0.2) is 0 Å². The van der Waals surface area contributed by atoms with Crippen molar-refractivity contribution in [1.82, 2.24) is 10.3 Å². The van der Waals surface area contributed by atoms with E-state index in [4.69, 9.17) is 4.74 Å². The van der Waals surface area contributed by atoms with Crippen LogP contribution in [0, 0.1) is 0 Å². The average molecular weight is 312 g/mol. The third kappa shape index (κ3) is 3.43. The molecule has 5 heteroatoms. The zero-order valence-electron chi connectivity index (χ0n) is 12.0.